The molecule has 0 saturated carbocycles. The van der Waals surface area contributed by atoms with E-state index in [2.05, 4.69) is 22.1 Å². The molecule has 0 aliphatic rings. The molecule has 0 fully saturated rings. The minimum Gasteiger partial charge on any atom is -0.260 e. The summed E-state index contributed by atoms with van der Waals surface area (Å²) in [5.41, 5.74) is 2.76. The molecule has 0 amide bonds. The van der Waals surface area contributed by atoms with Crippen molar-refractivity contribution in [2.45, 2.75) is 6.54 Å². The van der Waals surface area contributed by atoms with Gasteiger partial charge in [-0.1, -0.05) is 48.5 Å². The Balaban J connectivity index is 1.85. The van der Waals surface area contributed by atoms with Gasteiger partial charge in [-0.25, -0.2) is 0 Å². The van der Waals surface area contributed by atoms with Gasteiger partial charge in [0.2, 0.25) is 5.71 Å². The lowest BCUT2D eigenvalue weighted by molar-refractivity contribution is 1.07. The van der Waals surface area contributed by atoms with Gasteiger partial charge in [-0.3, -0.25) is 9.98 Å². The van der Waals surface area contributed by atoms with Crippen LogP contribution in [0.15, 0.2) is 65.8 Å². The summed E-state index contributed by atoms with van der Waals surface area (Å²) in [6.07, 6.45) is 1.87. The van der Waals surface area contributed by atoms with Gasteiger partial charge in [0.1, 0.15) is 12.1 Å². The summed E-state index contributed by atoms with van der Waals surface area (Å²) in [5.74, 6) is 0. The number of rotatable bonds is 3. The highest BCUT2D eigenvalue weighted by Gasteiger charge is 2.02. The first-order valence-corrected chi connectivity index (χ1v) is 7.09. The van der Waals surface area contributed by atoms with Crippen molar-refractivity contribution < 1.29 is 0 Å². The third kappa shape index (κ3) is 3.23. The van der Waals surface area contributed by atoms with E-state index in [4.69, 9.17) is 10.5 Å². The summed E-state index contributed by atoms with van der Waals surface area (Å²) < 4.78 is 0. The van der Waals surface area contributed by atoms with Crippen LogP contribution >= 0.6 is 0 Å². The molecule has 4 nitrogen and oxygen atoms in total. The standard InChI is InChI=1S/C19H12N4/c20-10-18(11-21)22-12-14-5-7-15(8-6-14)19-9-16-3-1-2-4-17(16)13-23-19/h1-9,13H,12H2. The van der Waals surface area contributed by atoms with Gasteiger partial charge in [0.05, 0.1) is 12.2 Å². The van der Waals surface area contributed by atoms with Crippen LogP contribution in [0.25, 0.3) is 22.0 Å². The molecular formula is C19H12N4. The molecule has 1 aromatic heterocycles. The molecule has 3 aromatic rings. The maximum Gasteiger partial charge on any atom is 0.213 e. The van der Waals surface area contributed by atoms with Crippen LogP contribution < -0.4 is 0 Å². The molecule has 0 spiro atoms. The van der Waals surface area contributed by atoms with Crippen LogP contribution in [-0.2, 0) is 6.54 Å². The molecule has 3 rings (SSSR count). The highest BCUT2D eigenvalue weighted by molar-refractivity contribution is 6.10. The fourth-order valence-corrected chi connectivity index (χ4v) is 2.29. The number of aromatic nitrogens is 1. The van der Waals surface area contributed by atoms with E-state index in [0.29, 0.717) is 6.54 Å². The van der Waals surface area contributed by atoms with Crippen LogP contribution in [0.2, 0.25) is 0 Å². The Morgan fingerprint density at radius 1 is 0.957 bits per heavy atom. The third-order valence-electron chi connectivity index (χ3n) is 3.51. The van der Waals surface area contributed by atoms with Gasteiger partial charge in [0.25, 0.3) is 0 Å². The van der Waals surface area contributed by atoms with Crippen molar-refractivity contribution in [1.29, 1.82) is 10.5 Å². The van der Waals surface area contributed by atoms with Crippen molar-refractivity contribution in [3.8, 4) is 23.4 Å². The second-order valence-corrected chi connectivity index (χ2v) is 5.00. The van der Waals surface area contributed by atoms with Crippen molar-refractivity contribution in [1.82, 2.24) is 4.98 Å². The van der Waals surface area contributed by atoms with E-state index in [9.17, 15) is 0 Å². The van der Waals surface area contributed by atoms with Gasteiger partial charge in [-0.2, -0.15) is 10.5 Å². The van der Waals surface area contributed by atoms with E-state index in [1.54, 1.807) is 12.1 Å². The van der Waals surface area contributed by atoms with Crippen LogP contribution in [0.4, 0.5) is 0 Å². The van der Waals surface area contributed by atoms with E-state index in [-0.39, 0.29) is 5.71 Å². The highest BCUT2D eigenvalue weighted by Crippen LogP contribution is 2.22. The molecule has 4 heteroatoms. The number of hydrogen-bond donors (Lipinski definition) is 0. The molecule has 0 radical (unpaired) electrons. The number of aliphatic imine (C=N–C) groups is 1. The Kier molecular flexibility index (Phi) is 4.09. The summed E-state index contributed by atoms with van der Waals surface area (Å²) in [4.78, 5) is 8.45. The van der Waals surface area contributed by atoms with Crippen molar-refractivity contribution in [2.24, 2.45) is 4.99 Å². The molecule has 0 N–H and O–H groups in total. The van der Waals surface area contributed by atoms with Crippen LogP contribution in [0.5, 0.6) is 0 Å². The lowest BCUT2D eigenvalue weighted by Gasteiger charge is -2.04. The van der Waals surface area contributed by atoms with E-state index < -0.39 is 0 Å². The topological polar surface area (TPSA) is 72.8 Å². The Morgan fingerprint density at radius 2 is 1.65 bits per heavy atom. The Hall–Kier alpha value is -3.50. The fraction of sp³-hybridized carbons (Fsp3) is 0.0526. The average molecular weight is 296 g/mol. The maximum atomic E-state index is 8.67. The number of benzene rings is 2. The molecule has 0 aliphatic heterocycles. The first-order chi connectivity index (χ1) is 11.3. The Morgan fingerprint density at radius 3 is 2.35 bits per heavy atom. The van der Waals surface area contributed by atoms with Crippen LogP contribution in [0, 0.1) is 22.7 Å². The SMILES string of the molecule is N#CC(C#N)=NCc1ccc(-c2cc3ccccc3cn2)cc1. The highest BCUT2D eigenvalue weighted by atomic mass is 14.7. The molecule has 0 atom stereocenters. The van der Waals surface area contributed by atoms with Crippen molar-refractivity contribution >= 4 is 16.5 Å². The van der Waals surface area contributed by atoms with Crippen molar-refractivity contribution in [2.75, 3.05) is 0 Å². The zero-order chi connectivity index (χ0) is 16.1. The first-order valence-electron chi connectivity index (χ1n) is 7.09. The smallest absolute Gasteiger partial charge is 0.213 e. The van der Waals surface area contributed by atoms with Crippen LogP contribution in [0.1, 0.15) is 5.56 Å². The van der Waals surface area contributed by atoms with Crippen molar-refractivity contribution in [3.63, 3.8) is 0 Å². The second-order valence-electron chi connectivity index (χ2n) is 5.00. The molecule has 0 aliphatic carbocycles. The summed E-state index contributed by atoms with van der Waals surface area (Å²) >= 11 is 0. The monoisotopic (exact) mass is 296 g/mol. The Bertz CT molecular complexity index is 941. The predicted octanol–water partition coefficient (Wildman–Crippen LogP) is 3.89. The van der Waals surface area contributed by atoms with Crippen LogP contribution in [-0.4, -0.2) is 10.7 Å². The third-order valence-corrected chi connectivity index (χ3v) is 3.51. The number of nitriles is 2. The van der Waals surface area contributed by atoms with Gasteiger partial charge < -0.3 is 0 Å². The maximum absolute atomic E-state index is 8.67. The summed E-state index contributed by atoms with van der Waals surface area (Å²) in [5, 5.41) is 19.6. The van der Waals surface area contributed by atoms with Gasteiger partial charge in [-0.15, -0.1) is 0 Å². The van der Waals surface area contributed by atoms with Crippen LogP contribution in [0.3, 0.4) is 0 Å². The summed E-state index contributed by atoms with van der Waals surface area (Å²) in [6, 6.07) is 21.5. The molecular weight excluding hydrogens is 284 g/mol. The first kappa shape index (κ1) is 14.4. The molecule has 0 saturated heterocycles. The number of nitrogens with zero attached hydrogens (tertiary/aromatic N) is 4. The lowest BCUT2D eigenvalue weighted by Crippen LogP contribution is -1.91. The Labute approximate surface area is 134 Å². The van der Waals surface area contributed by atoms with Crippen molar-refractivity contribution in [3.05, 3.63) is 66.4 Å². The number of fused-ring (bicyclic) bond motifs is 1. The van der Waals surface area contributed by atoms with E-state index in [0.717, 1.165) is 27.6 Å². The molecule has 108 valence electrons. The van der Waals surface area contributed by atoms with E-state index in [1.165, 1.54) is 0 Å². The fourth-order valence-electron chi connectivity index (χ4n) is 2.29. The molecule has 0 unspecified atom stereocenters. The summed E-state index contributed by atoms with van der Waals surface area (Å²) in [6.45, 7) is 0.321. The molecule has 0 bridgehead atoms. The number of hydrogen-bond acceptors (Lipinski definition) is 4. The molecule has 2 aromatic carbocycles. The molecule has 23 heavy (non-hydrogen) atoms. The normalized spacial score (nSPS) is 9.83. The second kappa shape index (κ2) is 6.51. The van der Waals surface area contributed by atoms with Gasteiger partial charge in [0, 0.05) is 17.1 Å². The summed E-state index contributed by atoms with van der Waals surface area (Å²) in [7, 11) is 0. The van der Waals surface area contributed by atoms with E-state index in [1.807, 2.05) is 48.7 Å². The minimum atomic E-state index is -0.106. The quantitative estimate of drug-likeness (QED) is 0.688. The minimum absolute atomic E-state index is 0.106. The predicted molar refractivity (Wildman–Crippen MR) is 89.5 cm³/mol. The van der Waals surface area contributed by atoms with Gasteiger partial charge >= 0.3 is 0 Å². The van der Waals surface area contributed by atoms with Gasteiger partial charge in [0.15, 0.2) is 0 Å². The largest absolute Gasteiger partial charge is 0.260 e. The average Bonchev–Trinajstić information content (AvgIpc) is 2.63. The molecule has 1 heterocycles. The zero-order valence-electron chi connectivity index (χ0n) is 12.3. The zero-order valence-corrected chi connectivity index (χ0v) is 12.3. The van der Waals surface area contributed by atoms with Gasteiger partial charge in [-0.05, 0) is 17.0 Å². The number of pyridine rings is 1. The lowest BCUT2D eigenvalue weighted by atomic mass is 10.1. The van der Waals surface area contributed by atoms with E-state index >= 15 is 0 Å².